The molecular formula is C23H13ClN2O2. The number of benzene rings is 3. The third-order valence-electron chi connectivity index (χ3n) is 4.87. The summed E-state index contributed by atoms with van der Waals surface area (Å²) in [6.07, 6.45) is 0. The maximum absolute atomic E-state index is 12.9. The number of aromatic nitrogens is 1. The minimum absolute atomic E-state index is 0.0767. The summed E-state index contributed by atoms with van der Waals surface area (Å²) in [6, 6.07) is 22.2. The monoisotopic (exact) mass is 384 g/mol. The molecule has 0 spiro atoms. The van der Waals surface area contributed by atoms with Gasteiger partial charge in [0, 0.05) is 21.9 Å². The predicted molar refractivity (Wildman–Crippen MR) is 111 cm³/mol. The number of carbonyl (C=O) groups excluding carboxylic acids is 2. The van der Waals surface area contributed by atoms with E-state index >= 15 is 0 Å². The highest BCUT2D eigenvalue weighted by Crippen LogP contribution is 2.32. The van der Waals surface area contributed by atoms with E-state index < -0.39 is 0 Å². The van der Waals surface area contributed by atoms with Crippen LogP contribution in [0.1, 0.15) is 20.7 Å². The van der Waals surface area contributed by atoms with Gasteiger partial charge >= 0.3 is 0 Å². The molecule has 0 amide bonds. The Bertz CT molecular complexity index is 1340. The van der Waals surface area contributed by atoms with E-state index in [4.69, 9.17) is 16.6 Å². The molecule has 5 rings (SSSR count). The molecule has 0 saturated heterocycles. The Labute approximate surface area is 165 Å². The van der Waals surface area contributed by atoms with E-state index in [0.29, 0.717) is 22.3 Å². The smallest absolute Gasteiger partial charge is 0.211 e. The van der Waals surface area contributed by atoms with Crippen molar-refractivity contribution in [2.45, 2.75) is 0 Å². The Kier molecular flexibility index (Phi) is 3.74. The summed E-state index contributed by atoms with van der Waals surface area (Å²) in [4.78, 5) is 30.3. The van der Waals surface area contributed by atoms with E-state index in [2.05, 4.69) is 5.32 Å². The normalized spacial score (nSPS) is 13.9. The van der Waals surface area contributed by atoms with E-state index in [1.807, 2.05) is 48.5 Å². The van der Waals surface area contributed by atoms with Crippen LogP contribution in [0.4, 0.5) is 5.69 Å². The lowest BCUT2D eigenvalue weighted by Crippen LogP contribution is -2.24. The van der Waals surface area contributed by atoms with Crippen LogP contribution in [0.5, 0.6) is 0 Å². The number of fused-ring (bicyclic) bond motifs is 3. The first-order valence-electron chi connectivity index (χ1n) is 8.77. The predicted octanol–water partition coefficient (Wildman–Crippen LogP) is 5.33. The Balaban J connectivity index is 1.66. The second kappa shape index (κ2) is 6.29. The molecule has 1 heterocycles. The van der Waals surface area contributed by atoms with Crippen molar-refractivity contribution in [1.82, 2.24) is 4.98 Å². The van der Waals surface area contributed by atoms with Crippen LogP contribution in [0.15, 0.2) is 83.5 Å². The number of allylic oxidation sites excluding steroid dienone is 2. The second-order valence-corrected chi connectivity index (χ2v) is 6.95. The van der Waals surface area contributed by atoms with Crippen LogP contribution < -0.4 is 5.32 Å². The minimum atomic E-state index is -0.363. The van der Waals surface area contributed by atoms with Gasteiger partial charge in [0.2, 0.25) is 11.6 Å². The zero-order valence-electron chi connectivity index (χ0n) is 14.6. The highest BCUT2D eigenvalue weighted by molar-refractivity contribution is 6.50. The van der Waals surface area contributed by atoms with E-state index in [9.17, 15) is 9.59 Å². The summed E-state index contributed by atoms with van der Waals surface area (Å²) in [7, 11) is 0. The number of Topliss-reactive ketones (excluding diaryl/α,β-unsaturated/α-hetero) is 2. The quantitative estimate of drug-likeness (QED) is 0.474. The summed E-state index contributed by atoms with van der Waals surface area (Å²) < 4.78 is 0. The largest absolute Gasteiger partial charge is 0.349 e. The molecule has 1 N–H and O–H groups in total. The van der Waals surface area contributed by atoms with E-state index in [1.165, 1.54) is 0 Å². The first-order chi connectivity index (χ1) is 13.6. The van der Waals surface area contributed by atoms with Crippen molar-refractivity contribution < 1.29 is 9.59 Å². The third-order valence-corrected chi connectivity index (χ3v) is 5.23. The van der Waals surface area contributed by atoms with Gasteiger partial charge in [-0.05, 0) is 18.2 Å². The van der Waals surface area contributed by atoms with Crippen LogP contribution in [0, 0.1) is 0 Å². The number of rotatable bonds is 2. The molecule has 1 aliphatic rings. The molecule has 0 fully saturated rings. The lowest BCUT2D eigenvalue weighted by Gasteiger charge is -2.19. The van der Waals surface area contributed by atoms with Gasteiger partial charge in [0.05, 0.1) is 16.7 Å². The molecule has 0 unspecified atom stereocenters. The number of para-hydroxylation sites is 2. The number of hydrogen-bond acceptors (Lipinski definition) is 4. The number of pyridine rings is 1. The van der Waals surface area contributed by atoms with Gasteiger partial charge in [0.1, 0.15) is 10.7 Å². The van der Waals surface area contributed by atoms with Gasteiger partial charge in [-0.1, -0.05) is 66.2 Å². The van der Waals surface area contributed by atoms with Crippen molar-refractivity contribution >= 4 is 50.7 Å². The maximum Gasteiger partial charge on any atom is 0.211 e. The maximum atomic E-state index is 12.9. The van der Waals surface area contributed by atoms with Crippen molar-refractivity contribution in [3.8, 4) is 0 Å². The summed E-state index contributed by atoms with van der Waals surface area (Å²) in [5.74, 6) is -0.670. The van der Waals surface area contributed by atoms with Crippen LogP contribution in [-0.2, 0) is 0 Å². The van der Waals surface area contributed by atoms with Gasteiger partial charge in [-0.15, -0.1) is 0 Å². The number of ketones is 2. The van der Waals surface area contributed by atoms with Crippen LogP contribution >= 0.6 is 11.6 Å². The van der Waals surface area contributed by atoms with Gasteiger partial charge in [-0.3, -0.25) is 9.59 Å². The van der Waals surface area contributed by atoms with Crippen molar-refractivity contribution in [3.63, 3.8) is 0 Å². The summed E-state index contributed by atoms with van der Waals surface area (Å²) in [5.41, 5.74) is 2.92. The molecular weight excluding hydrogens is 372 g/mol. The van der Waals surface area contributed by atoms with Gasteiger partial charge in [-0.2, -0.15) is 0 Å². The molecule has 0 bridgehead atoms. The average Bonchev–Trinajstić information content (AvgIpc) is 2.74. The Morgan fingerprint density at radius 1 is 0.750 bits per heavy atom. The lowest BCUT2D eigenvalue weighted by atomic mass is 9.92. The molecule has 0 aliphatic heterocycles. The van der Waals surface area contributed by atoms with E-state index in [-0.39, 0.29) is 22.3 Å². The topological polar surface area (TPSA) is 59.1 Å². The Morgan fingerprint density at radius 2 is 1.43 bits per heavy atom. The van der Waals surface area contributed by atoms with Gasteiger partial charge in [0.25, 0.3) is 0 Å². The third kappa shape index (κ3) is 2.50. The highest BCUT2D eigenvalue weighted by atomic mass is 35.5. The van der Waals surface area contributed by atoms with Crippen LogP contribution in [0.3, 0.4) is 0 Å². The van der Waals surface area contributed by atoms with Crippen molar-refractivity contribution in [3.05, 3.63) is 94.7 Å². The summed E-state index contributed by atoms with van der Waals surface area (Å²) >= 11 is 6.28. The number of nitrogens with zero attached hydrogens (tertiary/aromatic N) is 1. The fourth-order valence-corrected chi connectivity index (χ4v) is 3.73. The minimum Gasteiger partial charge on any atom is -0.349 e. The van der Waals surface area contributed by atoms with Crippen LogP contribution in [0.2, 0.25) is 0 Å². The highest BCUT2D eigenvalue weighted by Gasteiger charge is 2.31. The zero-order chi connectivity index (χ0) is 19.3. The molecule has 5 heteroatoms. The SMILES string of the molecule is O=C1C(Cl)=C(Nc2cccc3cc4ccccc4nc23)C(=O)c2ccccc21. The molecule has 1 aromatic heterocycles. The molecule has 0 radical (unpaired) electrons. The number of carbonyl (C=O) groups is 2. The fraction of sp³-hybridized carbons (Fsp3) is 0. The van der Waals surface area contributed by atoms with Crippen LogP contribution in [-0.4, -0.2) is 16.6 Å². The fourth-order valence-electron chi connectivity index (χ4n) is 3.49. The standard InChI is InChI=1S/C23H13ClN2O2/c24-19-21(23(28)16-9-3-2-8-15(16)22(19)27)26-18-11-5-7-14-12-13-6-1-4-10-17(13)25-20(14)18/h1-12,26H. The molecule has 134 valence electrons. The van der Waals surface area contributed by atoms with E-state index in [0.717, 1.165) is 16.3 Å². The first-order valence-corrected chi connectivity index (χ1v) is 9.15. The van der Waals surface area contributed by atoms with Crippen molar-refractivity contribution in [2.24, 2.45) is 0 Å². The van der Waals surface area contributed by atoms with Crippen molar-refractivity contribution in [2.75, 3.05) is 5.32 Å². The first kappa shape index (κ1) is 16.7. The molecule has 4 aromatic rings. The Morgan fingerprint density at radius 3 is 2.25 bits per heavy atom. The number of anilines is 1. The molecule has 0 saturated carbocycles. The molecule has 28 heavy (non-hydrogen) atoms. The van der Waals surface area contributed by atoms with Gasteiger partial charge in [0.15, 0.2) is 0 Å². The number of hydrogen-bond donors (Lipinski definition) is 1. The summed E-state index contributed by atoms with van der Waals surface area (Å²) in [5, 5.41) is 4.92. The molecule has 3 aromatic carbocycles. The number of nitrogens with one attached hydrogen (secondary N) is 1. The number of halogens is 1. The van der Waals surface area contributed by atoms with Crippen LogP contribution in [0.25, 0.3) is 21.8 Å². The Hall–Kier alpha value is -3.50. The average molecular weight is 385 g/mol. The zero-order valence-corrected chi connectivity index (χ0v) is 15.3. The van der Waals surface area contributed by atoms with Crippen molar-refractivity contribution in [1.29, 1.82) is 0 Å². The van der Waals surface area contributed by atoms with Gasteiger partial charge < -0.3 is 5.32 Å². The second-order valence-electron chi connectivity index (χ2n) is 6.58. The van der Waals surface area contributed by atoms with Gasteiger partial charge in [-0.25, -0.2) is 4.98 Å². The van der Waals surface area contributed by atoms with E-state index in [1.54, 1.807) is 24.3 Å². The molecule has 4 nitrogen and oxygen atoms in total. The molecule has 0 atom stereocenters. The summed E-state index contributed by atoms with van der Waals surface area (Å²) in [6.45, 7) is 0. The molecule has 1 aliphatic carbocycles. The lowest BCUT2D eigenvalue weighted by molar-refractivity contribution is 0.0982.